The SMILES string of the molecule is Cc1ccn(CC(C(N)=S)c2ccccc2)c(=O)c1. The maximum absolute atomic E-state index is 11.9. The van der Waals surface area contributed by atoms with Gasteiger partial charge in [-0.05, 0) is 24.1 Å². The van der Waals surface area contributed by atoms with Gasteiger partial charge in [0.05, 0.1) is 10.9 Å². The highest BCUT2D eigenvalue weighted by molar-refractivity contribution is 7.80. The van der Waals surface area contributed by atoms with E-state index in [9.17, 15) is 4.79 Å². The van der Waals surface area contributed by atoms with Crippen LogP contribution in [0.3, 0.4) is 0 Å². The van der Waals surface area contributed by atoms with Crippen LogP contribution in [0.25, 0.3) is 0 Å². The van der Waals surface area contributed by atoms with Gasteiger partial charge in [0.15, 0.2) is 0 Å². The molecule has 2 aromatic rings. The zero-order valence-electron chi connectivity index (χ0n) is 10.7. The summed E-state index contributed by atoms with van der Waals surface area (Å²) in [5.41, 5.74) is 7.76. The fourth-order valence-electron chi connectivity index (χ4n) is 2.00. The van der Waals surface area contributed by atoms with E-state index in [1.807, 2.05) is 43.3 Å². The Labute approximate surface area is 117 Å². The summed E-state index contributed by atoms with van der Waals surface area (Å²) in [7, 11) is 0. The summed E-state index contributed by atoms with van der Waals surface area (Å²) in [5, 5.41) is 0. The van der Waals surface area contributed by atoms with Crippen LogP contribution in [0.1, 0.15) is 17.0 Å². The average Bonchev–Trinajstić information content (AvgIpc) is 2.38. The molecule has 1 unspecified atom stereocenters. The van der Waals surface area contributed by atoms with Gasteiger partial charge in [0.25, 0.3) is 5.56 Å². The van der Waals surface area contributed by atoms with Crippen LogP contribution in [-0.2, 0) is 6.54 Å². The van der Waals surface area contributed by atoms with Crippen molar-refractivity contribution in [1.82, 2.24) is 4.57 Å². The fraction of sp³-hybridized carbons (Fsp3) is 0.200. The number of nitrogens with two attached hydrogens (primary N) is 1. The standard InChI is InChI=1S/C15H16N2OS/c1-11-7-8-17(14(18)9-11)10-13(15(16)19)12-5-3-2-4-6-12/h2-9,13H,10H2,1H3,(H2,16,19). The molecular formula is C15H16N2OS. The van der Waals surface area contributed by atoms with Gasteiger partial charge in [0.2, 0.25) is 0 Å². The summed E-state index contributed by atoms with van der Waals surface area (Å²) in [4.78, 5) is 12.3. The van der Waals surface area contributed by atoms with E-state index in [4.69, 9.17) is 18.0 Å². The van der Waals surface area contributed by atoms with Crippen LogP contribution in [0.15, 0.2) is 53.5 Å². The molecule has 98 valence electrons. The van der Waals surface area contributed by atoms with Gasteiger partial charge < -0.3 is 10.3 Å². The Bertz CT molecular complexity index is 634. The van der Waals surface area contributed by atoms with E-state index in [-0.39, 0.29) is 11.5 Å². The van der Waals surface area contributed by atoms with Crippen molar-refractivity contribution in [1.29, 1.82) is 0 Å². The number of nitrogens with zero attached hydrogens (tertiary/aromatic N) is 1. The Morgan fingerprint density at radius 2 is 2.00 bits per heavy atom. The van der Waals surface area contributed by atoms with E-state index in [1.165, 1.54) is 0 Å². The molecule has 1 aromatic carbocycles. The van der Waals surface area contributed by atoms with E-state index in [0.717, 1.165) is 11.1 Å². The molecule has 0 aliphatic rings. The maximum Gasteiger partial charge on any atom is 0.250 e. The van der Waals surface area contributed by atoms with Crippen LogP contribution < -0.4 is 11.3 Å². The Morgan fingerprint density at radius 3 is 2.58 bits per heavy atom. The molecule has 0 aliphatic carbocycles. The molecular weight excluding hydrogens is 256 g/mol. The van der Waals surface area contributed by atoms with Crippen molar-refractivity contribution in [2.45, 2.75) is 19.4 Å². The third-order valence-corrected chi connectivity index (χ3v) is 3.36. The summed E-state index contributed by atoms with van der Waals surface area (Å²) in [6.45, 7) is 2.37. The van der Waals surface area contributed by atoms with Crippen LogP contribution in [0.4, 0.5) is 0 Å². The lowest BCUT2D eigenvalue weighted by atomic mass is 9.99. The molecule has 1 heterocycles. The lowest BCUT2D eigenvalue weighted by Crippen LogP contribution is -2.28. The summed E-state index contributed by atoms with van der Waals surface area (Å²) in [5.74, 6) is -0.128. The first-order chi connectivity index (χ1) is 9.08. The summed E-state index contributed by atoms with van der Waals surface area (Å²) >= 11 is 5.13. The first-order valence-corrected chi connectivity index (χ1v) is 6.50. The van der Waals surface area contributed by atoms with Crippen molar-refractivity contribution in [3.63, 3.8) is 0 Å². The van der Waals surface area contributed by atoms with Crippen LogP contribution in [0, 0.1) is 6.92 Å². The lowest BCUT2D eigenvalue weighted by Gasteiger charge is -2.17. The topological polar surface area (TPSA) is 48.0 Å². The predicted molar refractivity (Wildman–Crippen MR) is 81.4 cm³/mol. The average molecular weight is 272 g/mol. The lowest BCUT2D eigenvalue weighted by molar-refractivity contribution is 0.637. The predicted octanol–water partition coefficient (Wildman–Crippen LogP) is 2.23. The Kier molecular flexibility index (Phi) is 4.12. The highest BCUT2D eigenvalue weighted by atomic mass is 32.1. The van der Waals surface area contributed by atoms with Crippen molar-refractivity contribution in [3.8, 4) is 0 Å². The van der Waals surface area contributed by atoms with E-state index >= 15 is 0 Å². The second kappa shape index (κ2) is 5.80. The molecule has 3 nitrogen and oxygen atoms in total. The Balaban J connectivity index is 2.32. The van der Waals surface area contributed by atoms with E-state index < -0.39 is 0 Å². The number of thiocarbonyl (C=S) groups is 1. The monoisotopic (exact) mass is 272 g/mol. The first-order valence-electron chi connectivity index (χ1n) is 6.09. The van der Waals surface area contributed by atoms with Crippen LogP contribution in [-0.4, -0.2) is 9.56 Å². The van der Waals surface area contributed by atoms with Crippen LogP contribution in [0.2, 0.25) is 0 Å². The minimum absolute atomic E-state index is 0.0304. The van der Waals surface area contributed by atoms with Gasteiger partial charge in [0, 0.05) is 18.8 Å². The highest BCUT2D eigenvalue weighted by Crippen LogP contribution is 2.17. The van der Waals surface area contributed by atoms with Gasteiger partial charge in [-0.1, -0.05) is 42.5 Å². The van der Waals surface area contributed by atoms with Crippen molar-refractivity contribution < 1.29 is 0 Å². The molecule has 2 rings (SSSR count). The molecule has 1 atom stereocenters. The second-order valence-electron chi connectivity index (χ2n) is 4.56. The van der Waals surface area contributed by atoms with Crippen molar-refractivity contribution >= 4 is 17.2 Å². The third-order valence-electron chi connectivity index (χ3n) is 3.08. The largest absolute Gasteiger partial charge is 0.393 e. The molecule has 0 fully saturated rings. The van der Waals surface area contributed by atoms with Gasteiger partial charge in [0.1, 0.15) is 0 Å². The van der Waals surface area contributed by atoms with Crippen molar-refractivity contribution in [2.75, 3.05) is 0 Å². The van der Waals surface area contributed by atoms with E-state index in [0.29, 0.717) is 11.5 Å². The van der Waals surface area contributed by atoms with Crippen LogP contribution >= 0.6 is 12.2 Å². The number of aromatic nitrogens is 1. The minimum atomic E-state index is -0.128. The normalized spacial score (nSPS) is 12.1. The Hall–Kier alpha value is -1.94. The smallest absolute Gasteiger partial charge is 0.250 e. The van der Waals surface area contributed by atoms with E-state index in [2.05, 4.69) is 0 Å². The second-order valence-corrected chi connectivity index (χ2v) is 5.03. The van der Waals surface area contributed by atoms with E-state index in [1.54, 1.807) is 16.8 Å². The van der Waals surface area contributed by atoms with Gasteiger partial charge in [-0.15, -0.1) is 0 Å². The molecule has 4 heteroatoms. The summed E-state index contributed by atoms with van der Waals surface area (Å²) in [6.07, 6.45) is 1.78. The number of aryl methyl sites for hydroxylation is 1. The van der Waals surface area contributed by atoms with Gasteiger partial charge in [-0.2, -0.15) is 0 Å². The minimum Gasteiger partial charge on any atom is -0.393 e. The zero-order valence-corrected chi connectivity index (χ0v) is 11.6. The van der Waals surface area contributed by atoms with Crippen molar-refractivity contribution in [3.05, 3.63) is 70.1 Å². The fourth-order valence-corrected chi connectivity index (χ4v) is 2.21. The van der Waals surface area contributed by atoms with Gasteiger partial charge >= 0.3 is 0 Å². The molecule has 19 heavy (non-hydrogen) atoms. The van der Waals surface area contributed by atoms with Crippen molar-refractivity contribution in [2.24, 2.45) is 5.73 Å². The summed E-state index contributed by atoms with van der Waals surface area (Å²) in [6, 6.07) is 13.3. The molecule has 2 N–H and O–H groups in total. The number of hydrogen-bond acceptors (Lipinski definition) is 2. The first kappa shape index (κ1) is 13.5. The number of pyridine rings is 1. The molecule has 0 amide bonds. The molecule has 0 saturated carbocycles. The molecule has 0 radical (unpaired) electrons. The molecule has 0 bridgehead atoms. The number of hydrogen-bond donors (Lipinski definition) is 1. The molecule has 1 aromatic heterocycles. The quantitative estimate of drug-likeness (QED) is 0.868. The third kappa shape index (κ3) is 3.29. The number of benzene rings is 1. The number of rotatable bonds is 4. The zero-order chi connectivity index (χ0) is 13.8. The summed E-state index contributed by atoms with van der Waals surface area (Å²) < 4.78 is 1.64. The molecule has 0 saturated heterocycles. The maximum atomic E-state index is 11.9. The highest BCUT2D eigenvalue weighted by Gasteiger charge is 2.15. The van der Waals surface area contributed by atoms with Crippen LogP contribution in [0.5, 0.6) is 0 Å². The molecule has 0 aliphatic heterocycles. The van der Waals surface area contributed by atoms with Gasteiger partial charge in [-0.3, -0.25) is 4.79 Å². The van der Waals surface area contributed by atoms with Gasteiger partial charge in [-0.25, -0.2) is 0 Å². The Morgan fingerprint density at radius 1 is 1.32 bits per heavy atom. The molecule has 0 spiro atoms.